The van der Waals surface area contributed by atoms with Crippen molar-refractivity contribution in [3.8, 4) is 0 Å². The van der Waals surface area contributed by atoms with Crippen LogP contribution in [0.25, 0.3) is 21.8 Å². The van der Waals surface area contributed by atoms with Crippen LogP contribution in [-0.4, -0.2) is 34.9 Å². The minimum atomic E-state index is 0.359. The van der Waals surface area contributed by atoms with E-state index < -0.39 is 0 Å². The van der Waals surface area contributed by atoms with Crippen LogP contribution in [0.4, 0.5) is 5.69 Å². The maximum Gasteiger partial charge on any atom is 0.163 e. The van der Waals surface area contributed by atoms with Crippen molar-refractivity contribution >= 4 is 33.3 Å². The van der Waals surface area contributed by atoms with Gasteiger partial charge in [0.25, 0.3) is 0 Å². The van der Waals surface area contributed by atoms with Gasteiger partial charge in [0, 0.05) is 60.0 Å². The van der Waals surface area contributed by atoms with E-state index in [4.69, 9.17) is 0 Å². The van der Waals surface area contributed by atoms with E-state index in [1.54, 1.807) is 22.3 Å². The largest absolute Gasteiger partial charge is 0.369 e. The van der Waals surface area contributed by atoms with Crippen LogP contribution in [0.1, 0.15) is 288 Å². The number of para-hydroxylation sites is 2. The van der Waals surface area contributed by atoms with Gasteiger partial charge in [-0.3, -0.25) is 14.8 Å². The van der Waals surface area contributed by atoms with Crippen LogP contribution in [0.15, 0.2) is 109 Å². The van der Waals surface area contributed by atoms with Gasteiger partial charge >= 0.3 is 0 Å². The number of carbonyl (C=O) groups is 1. The highest BCUT2D eigenvalue weighted by Gasteiger charge is 2.28. The van der Waals surface area contributed by atoms with Crippen LogP contribution in [-0.2, 0) is 19.4 Å². The average molecular weight is 1090 g/mol. The molecule has 0 radical (unpaired) electrons. The third-order valence-corrected chi connectivity index (χ3v) is 17.2. The summed E-state index contributed by atoms with van der Waals surface area (Å²) < 4.78 is 0. The van der Waals surface area contributed by atoms with Gasteiger partial charge in [0.05, 0.1) is 11.0 Å². The second kappa shape index (κ2) is 29.5. The molecule has 0 saturated carbocycles. The van der Waals surface area contributed by atoms with E-state index >= 15 is 0 Å². The molecule has 0 amide bonds. The fraction of sp³-hybridized carbons (Fsp3) is 0.513. The van der Waals surface area contributed by atoms with E-state index in [-0.39, 0.29) is 0 Å². The number of hydrogen-bond donors (Lipinski definition) is 1. The van der Waals surface area contributed by atoms with E-state index in [1.807, 2.05) is 18.5 Å². The molecule has 0 bridgehead atoms. The summed E-state index contributed by atoms with van der Waals surface area (Å²) in [5.41, 5.74) is 22.1. The summed E-state index contributed by atoms with van der Waals surface area (Å²) in [6.45, 7) is 48.4. The molecule has 0 fully saturated rings. The van der Waals surface area contributed by atoms with Gasteiger partial charge in [-0.1, -0.05) is 203 Å². The summed E-state index contributed by atoms with van der Waals surface area (Å²) in [6, 6.07) is 36.0. The molecule has 7 aromatic rings. The minimum absolute atomic E-state index is 0.359. The molecule has 5 aromatic carbocycles. The number of anilines is 1. The van der Waals surface area contributed by atoms with Crippen molar-refractivity contribution < 1.29 is 4.79 Å². The molecule has 5 nitrogen and oxygen atoms in total. The number of fused-ring (bicyclic) bond motifs is 5. The van der Waals surface area contributed by atoms with Crippen LogP contribution in [0.2, 0.25) is 0 Å². The van der Waals surface area contributed by atoms with Crippen molar-refractivity contribution in [2.75, 3.05) is 18.0 Å². The maximum atomic E-state index is 12.2. The molecular formula is C76H106N4O. The van der Waals surface area contributed by atoms with E-state index in [2.05, 4.69) is 250 Å². The van der Waals surface area contributed by atoms with E-state index in [1.165, 1.54) is 91.4 Å². The predicted molar refractivity (Wildman–Crippen MR) is 353 cm³/mol. The van der Waals surface area contributed by atoms with E-state index in [0.29, 0.717) is 59.2 Å². The Kier molecular flexibility index (Phi) is 23.5. The van der Waals surface area contributed by atoms with Crippen molar-refractivity contribution in [2.45, 2.75) is 236 Å². The first kappa shape index (κ1) is 64.5. The topological polar surface area (TPSA) is 58.1 Å². The van der Waals surface area contributed by atoms with Crippen LogP contribution < -0.4 is 10.2 Å². The van der Waals surface area contributed by atoms with Gasteiger partial charge in [-0.2, -0.15) is 0 Å². The maximum absolute atomic E-state index is 12.2. The Morgan fingerprint density at radius 2 is 0.926 bits per heavy atom. The number of ketones is 1. The first-order chi connectivity index (χ1) is 38.5. The highest BCUT2D eigenvalue weighted by molar-refractivity contribution is 6.00. The zero-order chi connectivity index (χ0) is 59.4. The summed E-state index contributed by atoms with van der Waals surface area (Å²) in [4.78, 5) is 23.8. The summed E-state index contributed by atoms with van der Waals surface area (Å²) in [6.07, 6.45) is 9.15. The molecule has 10 rings (SSSR count). The van der Waals surface area contributed by atoms with Gasteiger partial charge in [-0.15, -0.1) is 0 Å². The van der Waals surface area contributed by atoms with Gasteiger partial charge < -0.3 is 10.2 Å². The number of hydrogen-bond acceptors (Lipinski definition) is 5. The number of nitrogens with zero attached hydrogens (tertiary/aromatic N) is 3. The molecular weight excluding hydrogens is 985 g/mol. The molecule has 2 aliphatic heterocycles. The molecule has 1 atom stereocenters. The van der Waals surface area contributed by atoms with Gasteiger partial charge in [-0.25, -0.2) is 0 Å². The lowest BCUT2D eigenvalue weighted by atomic mass is 9.79. The highest BCUT2D eigenvalue weighted by atomic mass is 16.1. The Morgan fingerprint density at radius 1 is 0.444 bits per heavy atom. The highest BCUT2D eigenvalue weighted by Crippen LogP contribution is 2.41. The summed E-state index contributed by atoms with van der Waals surface area (Å²) in [5.74, 6) is 6.22. The van der Waals surface area contributed by atoms with Crippen molar-refractivity contribution in [3.05, 3.63) is 182 Å². The standard InChI is InChI=1S/C16H22O.C15H23N.2C15H19N.C15H23N/c1-10(2)12-8-9-13(11(3)4)16-14(12)6-5-7-15(16)17;1-10(2)12-5-6-13(11(3)4)15-9-16-8-7-14(12)15;1-10(2)12-7-8-13(11(3)4)15-14(12)6-5-9-16-15;1-10(2)12-8-9-16-15-13(11(3)4)6-5-7-14(12)15;1-11(2)13-9-10-16(12(3)4)15-8-6-5-7-14(13)15/h8-11H,5-7H2,1-4H3;5-6,10-11,16H,7-9H2,1-4H3;2*5-11H,1-4H3;5-8,11-13H,9-10H2,1-4H3. The zero-order valence-corrected chi connectivity index (χ0v) is 54.1. The molecule has 0 spiro atoms. The van der Waals surface area contributed by atoms with Gasteiger partial charge in [-0.05, 0) is 190 Å². The molecule has 1 N–H and O–H groups in total. The number of nitrogens with one attached hydrogen (secondary N) is 1. The Morgan fingerprint density at radius 3 is 1.49 bits per heavy atom. The summed E-state index contributed by atoms with van der Waals surface area (Å²) in [7, 11) is 0. The second-order valence-electron chi connectivity index (χ2n) is 26.5. The van der Waals surface area contributed by atoms with Crippen molar-refractivity contribution in [1.29, 1.82) is 0 Å². The van der Waals surface area contributed by atoms with Crippen LogP contribution >= 0.6 is 0 Å². The molecule has 0 saturated heterocycles. The minimum Gasteiger partial charge on any atom is -0.369 e. The molecule has 5 heteroatoms. The molecule has 3 aliphatic rings. The number of benzene rings is 5. The SMILES string of the molecule is CC(C)C1CCN(C(C)C)c2ccccc21.CC(C)c1ccc(C(C)C)c2c1CCCC2=O.CC(C)c1ccc(C(C)C)c2c1CCNC2.CC(C)c1ccc(C(C)C)c2ncccc12.CC(C)c1ccnc2c(C(C)C)cccc12. The Labute approximate surface area is 493 Å². The van der Waals surface area contributed by atoms with E-state index in [9.17, 15) is 4.79 Å². The molecule has 1 unspecified atom stereocenters. The first-order valence-electron chi connectivity index (χ1n) is 31.6. The van der Waals surface area contributed by atoms with Crippen LogP contribution in [0, 0.1) is 5.92 Å². The zero-order valence-electron chi connectivity index (χ0n) is 54.1. The molecule has 436 valence electrons. The molecule has 81 heavy (non-hydrogen) atoms. The lowest BCUT2D eigenvalue weighted by Crippen LogP contribution is -2.37. The summed E-state index contributed by atoms with van der Waals surface area (Å²) >= 11 is 0. The molecule has 1 aliphatic carbocycles. The Balaban J connectivity index is 0.000000163. The smallest absolute Gasteiger partial charge is 0.163 e. The van der Waals surface area contributed by atoms with Gasteiger partial charge in [0.2, 0.25) is 0 Å². The van der Waals surface area contributed by atoms with Gasteiger partial charge in [0.1, 0.15) is 0 Å². The van der Waals surface area contributed by atoms with Gasteiger partial charge in [0.15, 0.2) is 5.78 Å². The lowest BCUT2D eigenvalue weighted by Gasteiger charge is -2.39. The Hall–Kier alpha value is -5.65. The molecule has 4 heterocycles. The van der Waals surface area contributed by atoms with Crippen molar-refractivity contribution in [3.63, 3.8) is 0 Å². The average Bonchev–Trinajstić information content (AvgIpc) is 3.45. The quantitative estimate of drug-likeness (QED) is 0.148. The number of aromatic nitrogens is 2. The number of rotatable bonds is 10. The summed E-state index contributed by atoms with van der Waals surface area (Å²) in [5, 5.41) is 6.12. The van der Waals surface area contributed by atoms with Crippen LogP contribution in [0.3, 0.4) is 0 Å². The first-order valence-corrected chi connectivity index (χ1v) is 31.6. The lowest BCUT2D eigenvalue weighted by molar-refractivity contribution is 0.0970. The fourth-order valence-electron chi connectivity index (χ4n) is 12.8. The van der Waals surface area contributed by atoms with Crippen LogP contribution in [0.5, 0.6) is 0 Å². The van der Waals surface area contributed by atoms with E-state index in [0.717, 1.165) is 49.8 Å². The Bertz CT molecular complexity index is 2940. The normalized spacial score (nSPS) is 15.0. The second-order valence-corrected chi connectivity index (χ2v) is 26.5. The number of Topliss-reactive ketones (excluding diaryl/α,β-unsaturated/α-hetero) is 1. The molecule has 2 aromatic heterocycles. The third-order valence-electron chi connectivity index (χ3n) is 17.2. The van der Waals surface area contributed by atoms with Crippen molar-refractivity contribution in [2.24, 2.45) is 5.92 Å². The predicted octanol–water partition coefficient (Wildman–Crippen LogP) is 21.0. The fourth-order valence-corrected chi connectivity index (χ4v) is 12.8. The monoisotopic (exact) mass is 1090 g/mol. The third kappa shape index (κ3) is 15.7. The number of carbonyl (C=O) groups excluding carboxylic acids is 1. The number of pyridine rings is 2. The van der Waals surface area contributed by atoms with Crippen molar-refractivity contribution in [1.82, 2.24) is 15.3 Å².